The molecule has 1 N–H and O–H groups in total. The second-order valence-corrected chi connectivity index (χ2v) is 8.18. The summed E-state index contributed by atoms with van der Waals surface area (Å²) < 4.78 is 2.13. The molecule has 0 spiro atoms. The van der Waals surface area contributed by atoms with Gasteiger partial charge < -0.3 is 5.32 Å². The molecule has 0 aromatic carbocycles. The normalized spacial score (nSPS) is 18.6. The molecular weight excluding hydrogens is 360 g/mol. The molecule has 4 rings (SSSR count). The van der Waals surface area contributed by atoms with Crippen LogP contribution >= 0.6 is 11.8 Å². The summed E-state index contributed by atoms with van der Waals surface area (Å²) in [5, 5.41) is 21.9. The van der Waals surface area contributed by atoms with Gasteiger partial charge in [-0.1, -0.05) is 31.0 Å². The molecule has 1 amide bonds. The third kappa shape index (κ3) is 3.98. The number of nitrogens with one attached hydrogen (secondary N) is 1. The topological polar surface area (TPSA) is 96.5 Å². The molecule has 2 aromatic rings. The number of aromatic nitrogens is 4. The average Bonchev–Trinajstić information content (AvgIpc) is 3.46. The molecule has 2 aromatic heterocycles. The number of nitrogens with zero attached hydrogens (tertiary/aromatic N) is 5. The molecule has 0 unspecified atom stereocenters. The van der Waals surface area contributed by atoms with E-state index in [0.717, 1.165) is 61.5 Å². The highest BCUT2D eigenvalue weighted by molar-refractivity contribution is 7.99. The Morgan fingerprint density at radius 1 is 1.26 bits per heavy atom. The van der Waals surface area contributed by atoms with Gasteiger partial charge in [0, 0.05) is 24.0 Å². The van der Waals surface area contributed by atoms with Crippen LogP contribution in [0.2, 0.25) is 0 Å². The average molecular weight is 382 g/mol. The van der Waals surface area contributed by atoms with E-state index in [2.05, 4.69) is 31.1 Å². The van der Waals surface area contributed by atoms with Gasteiger partial charge in [0.25, 0.3) is 0 Å². The minimum absolute atomic E-state index is 0.112. The first-order valence-corrected chi connectivity index (χ1v) is 10.4. The summed E-state index contributed by atoms with van der Waals surface area (Å²) in [6.07, 6.45) is 10.3. The Bertz CT molecular complexity index is 849. The first-order chi connectivity index (χ1) is 13.2. The molecule has 140 valence electrons. The van der Waals surface area contributed by atoms with Gasteiger partial charge in [-0.05, 0) is 37.8 Å². The lowest BCUT2D eigenvalue weighted by molar-refractivity contribution is -0.120. The van der Waals surface area contributed by atoms with Crippen molar-refractivity contribution < 1.29 is 4.79 Å². The predicted octanol–water partition coefficient (Wildman–Crippen LogP) is 3.11. The fourth-order valence-corrected chi connectivity index (χ4v) is 4.39. The van der Waals surface area contributed by atoms with Gasteiger partial charge in [-0.2, -0.15) is 5.26 Å². The largest absolute Gasteiger partial charge is 0.337 e. The highest BCUT2D eigenvalue weighted by atomic mass is 32.2. The molecule has 0 atom stereocenters. The van der Waals surface area contributed by atoms with Gasteiger partial charge in [-0.25, -0.2) is 0 Å². The van der Waals surface area contributed by atoms with Crippen LogP contribution in [0.4, 0.5) is 0 Å². The Hall–Kier alpha value is -2.40. The van der Waals surface area contributed by atoms with Gasteiger partial charge in [0.1, 0.15) is 5.54 Å². The van der Waals surface area contributed by atoms with Crippen LogP contribution in [0.15, 0.2) is 29.7 Å². The van der Waals surface area contributed by atoms with E-state index in [0.29, 0.717) is 6.04 Å². The molecule has 2 saturated carbocycles. The third-order valence-corrected chi connectivity index (χ3v) is 6.09. The van der Waals surface area contributed by atoms with Crippen molar-refractivity contribution in [3.05, 3.63) is 24.5 Å². The summed E-state index contributed by atoms with van der Waals surface area (Å²) in [6, 6.07) is 6.57. The molecule has 2 fully saturated rings. The number of hydrogen-bond acceptors (Lipinski definition) is 6. The van der Waals surface area contributed by atoms with E-state index in [1.165, 1.54) is 11.8 Å². The van der Waals surface area contributed by atoms with Crippen LogP contribution in [0.3, 0.4) is 0 Å². The zero-order valence-electron chi connectivity index (χ0n) is 15.1. The van der Waals surface area contributed by atoms with Crippen LogP contribution in [0, 0.1) is 11.3 Å². The molecule has 2 aliphatic carbocycles. The van der Waals surface area contributed by atoms with Crippen LogP contribution in [0.1, 0.15) is 51.0 Å². The third-order valence-electron chi connectivity index (χ3n) is 5.15. The molecule has 8 heteroatoms. The lowest BCUT2D eigenvalue weighted by atomic mass is 9.83. The number of rotatable bonds is 6. The van der Waals surface area contributed by atoms with Crippen LogP contribution < -0.4 is 5.32 Å². The van der Waals surface area contributed by atoms with E-state index in [4.69, 9.17) is 0 Å². The minimum atomic E-state index is -0.692. The minimum Gasteiger partial charge on any atom is -0.337 e. The Morgan fingerprint density at radius 3 is 2.67 bits per heavy atom. The van der Waals surface area contributed by atoms with E-state index in [1.807, 2.05) is 12.1 Å². The van der Waals surface area contributed by atoms with Crippen molar-refractivity contribution in [2.75, 3.05) is 5.75 Å². The van der Waals surface area contributed by atoms with Crippen molar-refractivity contribution in [2.45, 2.75) is 61.7 Å². The van der Waals surface area contributed by atoms with Crippen molar-refractivity contribution in [1.29, 1.82) is 5.26 Å². The Labute approximate surface area is 162 Å². The maximum Gasteiger partial charge on any atom is 0.231 e. The second-order valence-electron chi connectivity index (χ2n) is 7.23. The first kappa shape index (κ1) is 18.0. The standard InChI is InChI=1S/C19H22N6OS/c20-13-19(8-2-1-3-9-19)22-16(26)12-27-18-24-23-17(25(18)15-4-5-15)14-6-10-21-11-7-14/h6-7,10-11,15H,1-5,8-9,12H2,(H,22,26). The molecule has 2 aliphatic rings. The quantitative estimate of drug-likeness (QED) is 0.771. The first-order valence-electron chi connectivity index (χ1n) is 9.41. The van der Waals surface area contributed by atoms with E-state index in [-0.39, 0.29) is 11.7 Å². The van der Waals surface area contributed by atoms with Crippen molar-refractivity contribution in [3.8, 4) is 17.5 Å². The number of amides is 1. The van der Waals surface area contributed by atoms with Crippen LogP contribution in [-0.2, 0) is 4.79 Å². The van der Waals surface area contributed by atoms with Gasteiger partial charge in [-0.15, -0.1) is 10.2 Å². The fraction of sp³-hybridized carbons (Fsp3) is 0.526. The molecule has 27 heavy (non-hydrogen) atoms. The number of thioether (sulfide) groups is 1. The Morgan fingerprint density at radius 2 is 2.00 bits per heavy atom. The van der Waals surface area contributed by atoms with Crippen molar-refractivity contribution in [1.82, 2.24) is 25.1 Å². The van der Waals surface area contributed by atoms with Crippen LogP contribution in [0.25, 0.3) is 11.4 Å². The SMILES string of the molecule is N#CC1(NC(=O)CSc2nnc(-c3ccncc3)n2C2CC2)CCCCC1. The van der Waals surface area contributed by atoms with Gasteiger partial charge in [-0.3, -0.25) is 14.3 Å². The van der Waals surface area contributed by atoms with Gasteiger partial charge >= 0.3 is 0 Å². The molecular formula is C19H22N6OS. The Balaban J connectivity index is 1.45. The van der Waals surface area contributed by atoms with Crippen LogP contribution in [-0.4, -0.2) is 36.9 Å². The molecule has 0 radical (unpaired) electrons. The predicted molar refractivity (Wildman–Crippen MR) is 102 cm³/mol. The summed E-state index contributed by atoms with van der Waals surface area (Å²) in [5.41, 5.74) is 0.286. The summed E-state index contributed by atoms with van der Waals surface area (Å²) >= 11 is 1.39. The maximum absolute atomic E-state index is 12.5. The molecule has 0 bridgehead atoms. The summed E-state index contributed by atoms with van der Waals surface area (Å²) in [6.45, 7) is 0. The number of pyridine rings is 1. The van der Waals surface area contributed by atoms with Crippen molar-refractivity contribution >= 4 is 17.7 Å². The number of hydrogen-bond donors (Lipinski definition) is 1. The lowest BCUT2D eigenvalue weighted by Crippen LogP contribution is -2.49. The van der Waals surface area contributed by atoms with Gasteiger partial charge in [0.15, 0.2) is 11.0 Å². The van der Waals surface area contributed by atoms with E-state index < -0.39 is 5.54 Å². The number of carbonyl (C=O) groups is 1. The lowest BCUT2D eigenvalue weighted by Gasteiger charge is -2.31. The van der Waals surface area contributed by atoms with E-state index in [1.54, 1.807) is 12.4 Å². The fourth-order valence-electron chi connectivity index (χ4n) is 3.59. The number of nitriles is 1. The Kier molecular flexibility index (Phi) is 5.12. The van der Waals surface area contributed by atoms with Gasteiger partial charge in [0.2, 0.25) is 5.91 Å². The molecule has 0 saturated heterocycles. The summed E-state index contributed by atoms with van der Waals surface area (Å²) in [5.74, 6) is 0.952. The van der Waals surface area contributed by atoms with E-state index >= 15 is 0 Å². The summed E-state index contributed by atoms with van der Waals surface area (Å²) in [7, 11) is 0. The maximum atomic E-state index is 12.5. The van der Waals surface area contributed by atoms with E-state index in [9.17, 15) is 10.1 Å². The molecule has 7 nitrogen and oxygen atoms in total. The highest BCUT2D eigenvalue weighted by Gasteiger charge is 2.34. The highest BCUT2D eigenvalue weighted by Crippen LogP contribution is 2.41. The van der Waals surface area contributed by atoms with Gasteiger partial charge in [0.05, 0.1) is 11.8 Å². The zero-order valence-corrected chi connectivity index (χ0v) is 15.9. The van der Waals surface area contributed by atoms with Crippen molar-refractivity contribution in [2.24, 2.45) is 0 Å². The van der Waals surface area contributed by atoms with Crippen LogP contribution in [0.5, 0.6) is 0 Å². The van der Waals surface area contributed by atoms with Crippen molar-refractivity contribution in [3.63, 3.8) is 0 Å². The zero-order chi connectivity index (χ0) is 18.7. The second kappa shape index (κ2) is 7.69. The number of carbonyl (C=O) groups excluding carboxylic acids is 1. The smallest absolute Gasteiger partial charge is 0.231 e. The monoisotopic (exact) mass is 382 g/mol. The summed E-state index contributed by atoms with van der Waals surface area (Å²) in [4.78, 5) is 16.5. The molecule has 0 aliphatic heterocycles. The molecule has 2 heterocycles.